The molecule has 0 saturated heterocycles. The van der Waals surface area contributed by atoms with Crippen molar-refractivity contribution < 1.29 is 17.6 Å². The lowest BCUT2D eigenvalue weighted by Gasteiger charge is -2.06. The summed E-state index contributed by atoms with van der Waals surface area (Å²) < 4.78 is 30.4. The fourth-order valence-corrected chi connectivity index (χ4v) is 2.99. The molecule has 1 N–H and O–H groups in total. The molecule has 2 heterocycles. The van der Waals surface area contributed by atoms with Crippen molar-refractivity contribution in [1.29, 1.82) is 0 Å². The van der Waals surface area contributed by atoms with E-state index in [-0.39, 0.29) is 22.4 Å². The van der Waals surface area contributed by atoms with Crippen molar-refractivity contribution in [3.63, 3.8) is 0 Å². The van der Waals surface area contributed by atoms with Gasteiger partial charge in [0.2, 0.25) is 0 Å². The van der Waals surface area contributed by atoms with Gasteiger partial charge in [-0.2, -0.15) is 5.10 Å². The number of hydrogen-bond acceptors (Lipinski definition) is 7. The van der Waals surface area contributed by atoms with Crippen LogP contribution in [0.25, 0.3) is 11.6 Å². The Labute approximate surface area is 137 Å². The Balaban J connectivity index is 1.87. The van der Waals surface area contributed by atoms with Gasteiger partial charge in [-0.05, 0) is 18.2 Å². The molecule has 0 unspecified atom stereocenters. The van der Waals surface area contributed by atoms with Crippen molar-refractivity contribution >= 4 is 21.8 Å². The van der Waals surface area contributed by atoms with Gasteiger partial charge in [-0.15, -0.1) is 5.10 Å². The van der Waals surface area contributed by atoms with Gasteiger partial charge in [0.25, 0.3) is 11.8 Å². The average Bonchev–Trinajstić information content (AvgIpc) is 3.15. The highest BCUT2D eigenvalue weighted by molar-refractivity contribution is 7.90. The SMILES string of the molecule is Cn1nccc1-c1nnc(NC(=O)c2ccccc2S(C)(=O)=O)o1. The second kappa shape index (κ2) is 5.89. The molecule has 0 saturated carbocycles. The summed E-state index contributed by atoms with van der Waals surface area (Å²) in [5, 5.41) is 13.9. The van der Waals surface area contributed by atoms with Crippen molar-refractivity contribution in [1.82, 2.24) is 20.0 Å². The lowest BCUT2D eigenvalue weighted by molar-refractivity contribution is 0.102. The van der Waals surface area contributed by atoms with Crippen LogP contribution < -0.4 is 5.32 Å². The predicted octanol–water partition coefficient (Wildman–Crippen LogP) is 1.13. The quantitative estimate of drug-likeness (QED) is 0.751. The summed E-state index contributed by atoms with van der Waals surface area (Å²) in [5.41, 5.74) is 0.583. The van der Waals surface area contributed by atoms with Crippen LogP contribution in [-0.2, 0) is 16.9 Å². The molecule has 0 radical (unpaired) electrons. The summed E-state index contributed by atoms with van der Waals surface area (Å²) >= 11 is 0. The van der Waals surface area contributed by atoms with Gasteiger partial charge in [0.15, 0.2) is 9.84 Å². The first kappa shape index (κ1) is 15.9. The predicted molar refractivity (Wildman–Crippen MR) is 84.0 cm³/mol. The van der Waals surface area contributed by atoms with Crippen LogP contribution in [0.15, 0.2) is 45.8 Å². The highest BCUT2D eigenvalue weighted by Gasteiger charge is 2.20. The van der Waals surface area contributed by atoms with Gasteiger partial charge in [0, 0.05) is 19.5 Å². The molecule has 3 aromatic rings. The number of amides is 1. The van der Waals surface area contributed by atoms with Crippen molar-refractivity contribution in [3.05, 3.63) is 42.1 Å². The van der Waals surface area contributed by atoms with Crippen molar-refractivity contribution in [2.75, 3.05) is 11.6 Å². The second-order valence-corrected chi connectivity index (χ2v) is 6.96. The lowest BCUT2D eigenvalue weighted by atomic mass is 10.2. The summed E-state index contributed by atoms with van der Waals surface area (Å²) in [4.78, 5) is 12.2. The highest BCUT2D eigenvalue weighted by atomic mass is 32.2. The van der Waals surface area contributed by atoms with E-state index in [0.717, 1.165) is 6.26 Å². The fraction of sp³-hybridized carbons (Fsp3) is 0.143. The molecule has 1 amide bonds. The molecular formula is C14H13N5O4S. The number of aryl methyl sites for hydroxylation is 1. The molecule has 0 aliphatic rings. The van der Waals surface area contributed by atoms with Crippen LogP contribution in [-0.4, -0.2) is 40.6 Å². The monoisotopic (exact) mass is 347 g/mol. The number of rotatable bonds is 4. The normalized spacial score (nSPS) is 11.4. The maximum Gasteiger partial charge on any atom is 0.322 e. The fourth-order valence-electron chi connectivity index (χ4n) is 2.10. The maximum absolute atomic E-state index is 12.3. The van der Waals surface area contributed by atoms with Gasteiger partial charge in [-0.25, -0.2) is 8.42 Å². The zero-order chi connectivity index (χ0) is 17.3. The molecule has 24 heavy (non-hydrogen) atoms. The third kappa shape index (κ3) is 3.04. The van der Waals surface area contributed by atoms with Gasteiger partial charge in [0.05, 0.1) is 10.5 Å². The number of carbonyl (C=O) groups is 1. The molecule has 124 valence electrons. The van der Waals surface area contributed by atoms with Crippen molar-refractivity contribution in [2.24, 2.45) is 7.05 Å². The molecule has 0 aliphatic heterocycles. The van der Waals surface area contributed by atoms with Crippen molar-refractivity contribution in [2.45, 2.75) is 4.90 Å². The second-order valence-electron chi connectivity index (χ2n) is 4.97. The standard InChI is InChI=1S/C14H13N5O4S/c1-19-10(7-8-15-19)13-17-18-14(23-13)16-12(20)9-5-3-4-6-11(9)24(2,21)22/h3-8H,1-2H3,(H,16,18,20). The summed E-state index contributed by atoms with van der Waals surface area (Å²) in [6.45, 7) is 0. The minimum absolute atomic E-state index is 0.000262. The lowest BCUT2D eigenvalue weighted by Crippen LogP contribution is -2.16. The number of hydrogen-bond donors (Lipinski definition) is 1. The summed E-state index contributed by atoms with van der Waals surface area (Å²) in [7, 11) is -1.84. The summed E-state index contributed by atoms with van der Waals surface area (Å²) in [6.07, 6.45) is 2.60. The van der Waals surface area contributed by atoms with E-state index in [2.05, 4.69) is 20.6 Å². The van der Waals surface area contributed by atoms with Gasteiger partial charge in [-0.3, -0.25) is 14.8 Å². The maximum atomic E-state index is 12.3. The van der Waals surface area contributed by atoms with Gasteiger partial charge < -0.3 is 4.42 Å². The molecule has 0 bridgehead atoms. The molecular weight excluding hydrogens is 334 g/mol. The van der Waals surface area contributed by atoms with E-state index in [9.17, 15) is 13.2 Å². The van der Waals surface area contributed by atoms with Crippen LogP contribution in [0.3, 0.4) is 0 Å². The first-order valence-electron chi connectivity index (χ1n) is 6.78. The van der Waals surface area contributed by atoms with Gasteiger partial charge in [0.1, 0.15) is 5.69 Å². The summed E-state index contributed by atoms with van der Waals surface area (Å²) in [5.74, 6) is -0.474. The first-order valence-corrected chi connectivity index (χ1v) is 8.68. The van der Waals surface area contributed by atoms with E-state index in [4.69, 9.17) is 4.42 Å². The molecule has 0 atom stereocenters. The molecule has 0 fully saturated rings. The first-order chi connectivity index (χ1) is 11.4. The van der Waals surface area contributed by atoms with E-state index >= 15 is 0 Å². The Morgan fingerprint density at radius 3 is 2.62 bits per heavy atom. The third-order valence-corrected chi connectivity index (χ3v) is 4.37. The van der Waals surface area contributed by atoms with E-state index in [1.165, 1.54) is 16.8 Å². The summed E-state index contributed by atoms with van der Waals surface area (Å²) in [6, 6.07) is 7.42. The minimum atomic E-state index is -3.55. The van der Waals surface area contributed by atoms with Crippen LogP contribution in [0.5, 0.6) is 0 Å². The topological polar surface area (TPSA) is 120 Å². The number of carbonyl (C=O) groups excluding carboxylic acids is 1. The van der Waals surface area contributed by atoms with Crippen LogP contribution in [0.2, 0.25) is 0 Å². The van der Waals surface area contributed by atoms with Gasteiger partial charge in [-0.1, -0.05) is 17.2 Å². The minimum Gasteiger partial charge on any atom is -0.401 e. The van der Waals surface area contributed by atoms with Crippen LogP contribution in [0.1, 0.15) is 10.4 Å². The van der Waals surface area contributed by atoms with Gasteiger partial charge >= 0.3 is 6.01 Å². The molecule has 2 aromatic heterocycles. The number of aromatic nitrogens is 4. The Kier molecular flexibility index (Phi) is 3.89. The van der Waals surface area contributed by atoms with Crippen LogP contribution in [0, 0.1) is 0 Å². The Hall–Kier alpha value is -3.01. The number of nitrogens with one attached hydrogen (secondary N) is 1. The van der Waals surface area contributed by atoms with Crippen molar-refractivity contribution in [3.8, 4) is 11.6 Å². The smallest absolute Gasteiger partial charge is 0.322 e. The number of benzene rings is 1. The van der Waals surface area contributed by atoms with E-state index in [0.29, 0.717) is 5.69 Å². The Morgan fingerprint density at radius 1 is 1.21 bits per heavy atom. The van der Waals surface area contributed by atoms with Crippen LogP contribution in [0.4, 0.5) is 6.01 Å². The van der Waals surface area contributed by atoms with E-state index in [1.807, 2.05) is 0 Å². The molecule has 9 nitrogen and oxygen atoms in total. The Bertz CT molecular complexity index is 1010. The molecule has 0 spiro atoms. The van der Waals surface area contributed by atoms with Crippen LogP contribution >= 0.6 is 0 Å². The number of nitrogens with zero attached hydrogens (tertiary/aromatic N) is 4. The largest absolute Gasteiger partial charge is 0.401 e. The zero-order valence-electron chi connectivity index (χ0n) is 12.8. The molecule has 10 heteroatoms. The Morgan fingerprint density at radius 2 is 1.96 bits per heavy atom. The number of anilines is 1. The molecule has 1 aromatic carbocycles. The molecule has 0 aliphatic carbocycles. The van der Waals surface area contributed by atoms with E-state index < -0.39 is 15.7 Å². The molecule has 3 rings (SSSR count). The number of sulfone groups is 1. The third-order valence-electron chi connectivity index (χ3n) is 3.22. The highest BCUT2D eigenvalue weighted by Crippen LogP contribution is 2.20. The zero-order valence-corrected chi connectivity index (χ0v) is 13.6. The van der Waals surface area contributed by atoms with E-state index in [1.54, 1.807) is 31.4 Å². The average molecular weight is 347 g/mol.